The molecule has 1 aromatic heterocycles. The molecule has 0 atom stereocenters. The molecular weight excluding hydrogens is 455 g/mol. The number of aromatic nitrogens is 2. The predicted octanol–water partition coefficient (Wildman–Crippen LogP) is 3.51. The van der Waals surface area contributed by atoms with Crippen LogP contribution in [0, 0.1) is 0 Å². The maximum atomic E-state index is 12.9. The van der Waals surface area contributed by atoms with Gasteiger partial charge < -0.3 is 19.8 Å². The summed E-state index contributed by atoms with van der Waals surface area (Å²) in [4.78, 5) is 39.7. The molecule has 0 saturated carbocycles. The fraction of sp³-hybridized carbons (Fsp3) is 0.250. The Labute approximate surface area is 182 Å². The van der Waals surface area contributed by atoms with Crippen molar-refractivity contribution in [1.29, 1.82) is 0 Å². The average Bonchev–Trinajstić information content (AvgIpc) is 3.17. The summed E-state index contributed by atoms with van der Waals surface area (Å²) in [6.45, 7) is -0.0579. The van der Waals surface area contributed by atoms with Gasteiger partial charge in [-0.3, -0.25) is 14.2 Å². The van der Waals surface area contributed by atoms with Gasteiger partial charge in [0, 0.05) is 24.7 Å². The zero-order chi connectivity index (χ0) is 23.0. The van der Waals surface area contributed by atoms with Gasteiger partial charge in [-0.15, -0.1) is 0 Å². The lowest BCUT2D eigenvalue weighted by Crippen LogP contribution is -2.35. The summed E-state index contributed by atoms with van der Waals surface area (Å²) in [6, 6.07) is 6.00. The summed E-state index contributed by atoms with van der Waals surface area (Å²) in [7, 11) is 0. The van der Waals surface area contributed by atoms with Gasteiger partial charge in [0.05, 0.1) is 21.5 Å². The first-order valence-electron chi connectivity index (χ1n) is 9.36. The summed E-state index contributed by atoms with van der Waals surface area (Å²) < 4.78 is 50.2. The minimum absolute atomic E-state index is 0.0112. The molecule has 2 heterocycles. The van der Waals surface area contributed by atoms with E-state index in [1.165, 1.54) is 18.2 Å². The fourth-order valence-electron chi connectivity index (χ4n) is 3.29. The van der Waals surface area contributed by atoms with E-state index < -0.39 is 33.9 Å². The topological polar surface area (TPSA) is 102 Å². The molecule has 0 spiro atoms. The lowest BCUT2D eigenvalue weighted by Gasteiger charge is -2.12. The normalized spacial score (nSPS) is 12.9. The van der Waals surface area contributed by atoms with Crippen molar-refractivity contribution in [3.8, 4) is 11.5 Å². The van der Waals surface area contributed by atoms with Crippen LogP contribution in [-0.4, -0.2) is 22.3 Å². The van der Waals surface area contributed by atoms with Crippen LogP contribution in [0.2, 0.25) is 5.02 Å². The fourth-order valence-corrected chi connectivity index (χ4v) is 3.51. The van der Waals surface area contributed by atoms with Crippen molar-refractivity contribution < 1.29 is 27.4 Å². The van der Waals surface area contributed by atoms with Crippen molar-refractivity contribution in [3.05, 3.63) is 61.8 Å². The Kier molecular flexibility index (Phi) is 5.59. The zero-order valence-corrected chi connectivity index (χ0v) is 17.0. The van der Waals surface area contributed by atoms with E-state index in [-0.39, 0.29) is 37.3 Å². The summed E-state index contributed by atoms with van der Waals surface area (Å²) in [6.07, 6.45) is -4.69. The third-order valence-electron chi connectivity index (χ3n) is 4.82. The number of hydrogen-bond acceptors (Lipinski definition) is 5. The molecule has 1 amide bonds. The van der Waals surface area contributed by atoms with Gasteiger partial charge in [-0.2, -0.15) is 13.2 Å². The number of H-pyrrole nitrogens is 1. The molecule has 0 unspecified atom stereocenters. The Bertz CT molecular complexity index is 1330. The number of fused-ring (bicyclic) bond motifs is 2. The van der Waals surface area contributed by atoms with Crippen LogP contribution in [-0.2, 0) is 17.5 Å². The molecule has 0 aliphatic carbocycles. The number of nitrogens with zero attached hydrogens (tertiary/aromatic N) is 1. The molecule has 32 heavy (non-hydrogen) atoms. The highest BCUT2D eigenvalue weighted by molar-refractivity contribution is 6.31. The highest BCUT2D eigenvalue weighted by atomic mass is 35.5. The SMILES string of the molecule is O=C(CCCn1c(=O)[nH]c2cc3c(cc2c1=O)OCO3)Nc1ccc(Cl)c(C(F)(F)F)c1. The molecule has 4 rings (SSSR count). The standard InChI is InChI=1S/C20H15ClF3N3O5/c21-13-4-3-10(6-12(13)20(22,23)24)25-17(28)2-1-5-27-18(29)11-7-15-16(32-9-31-15)8-14(11)26-19(27)30/h3-4,6-8H,1-2,5,9H2,(H,25,28)(H,26,30). The van der Waals surface area contributed by atoms with Crippen LogP contribution in [0.15, 0.2) is 39.9 Å². The van der Waals surface area contributed by atoms with E-state index in [2.05, 4.69) is 10.3 Å². The van der Waals surface area contributed by atoms with E-state index >= 15 is 0 Å². The number of carbonyl (C=O) groups is 1. The molecule has 0 saturated heterocycles. The minimum atomic E-state index is -4.66. The van der Waals surface area contributed by atoms with Crippen molar-refractivity contribution in [2.45, 2.75) is 25.6 Å². The second-order valence-electron chi connectivity index (χ2n) is 6.98. The van der Waals surface area contributed by atoms with Crippen LogP contribution in [0.1, 0.15) is 18.4 Å². The number of amides is 1. The minimum Gasteiger partial charge on any atom is -0.454 e. The molecule has 1 aliphatic heterocycles. The molecule has 0 bridgehead atoms. The maximum absolute atomic E-state index is 12.9. The van der Waals surface area contributed by atoms with Gasteiger partial charge >= 0.3 is 11.9 Å². The Morgan fingerprint density at radius 3 is 2.59 bits per heavy atom. The Morgan fingerprint density at radius 2 is 1.88 bits per heavy atom. The second-order valence-corrected chi connectivity index (χ2v) is 7.39. The molecule has 2 N–H and O–H groups in total. The van der Waals surface area contributed by atoms with Crippen molar-refractivity contribution in [3.63, 3.8) is 0 Å². The van der Waals surface area contributed by atoms with Gasteiger partial charge in [0.1, 0.15) is 0 Å². The lowest BCUT2D eigenvalue weighted by atomic mass is 10.2. The van der Waals surface area contributed by atoms with Gasteiger partial charge in [0.2, 0.25) is 12.7 Å². The Morgan fingerprint density at radius 1 is 1.16 bits per heavy atom. The van der Waals surface area contributed by atoms with E-state index in [1.54, 1.807) is 0 Å². The number of hydrogen-bond donors (Lipinski definition) is 2. The monoisotopic (exact) mass is 469 g/mol. The van der Waals surface area contributed by atoms with Crippen LogP contribution < -0.4 is 26.0 Å². The molecule has 0 radical (unpaired) electrons. The van der Waals surface area contributed by atoms with E-state index in [4.69, 9.17) is 21.1 Å². The van der Waals surface area contributed by atoms with Crippen LogP contribution >= 0.6 is 11.6 Å². The third kappa shape index (κ3) is 4.28. The van der Waals surface area contributed by atoms with Gasteiger partial charge in [0.15, 0.2) is 11.5 Å². The average molecular weight is 470 g/mol. The number of nitrogens with one attached hydrogen (secondary N) is 2. The molecule has 8 nitrogen and oxygen atoms in total. The molecule has 0 fully saturated rings. The molecule has 2 aromatic carbocycles. The smallest absolute Gasteiger partial charge is 0.417 e. The number of anilines is 1. The van der Waals surface area contributed by atoms with Gasteiger partial charge in [0.25, 0.3) is 5.56 Å². The van der Waals surface area contributed by atoms with E-state index in [0.29, 0.717) is 17.0 Å². The molecule has 1 aliphatic rings. The summed E-state index contributed by atoms with van der Waals surface area (Å²) >= 11 is 5.56. The van der Waals surface area contributed by atoms with E-state index in [9.17, 15) is 27.6 Å². The summed E-state index contributed by atoms with van der Waals surface area (Å²) in [5, 5.41) is 2.10. The highest BCUT2D eigenvalue weighted by Gasteiger charge is 2.33. The molecule has 12 heteroatoms. The van der Waals surface area contributed by atoms with Crippen LogP contribution in [0.4, 0.5) is 18.9 Å². The number of carbonyl (C=O) groups excluding carboxylic acids is 1. The maximum Gasteiger partial charge on any atom is 0.417 e. The Hall–Kier alpha value is -3.47. The first kappa shape index (κ1) is 21.8. The number of aromatic amines is 1. The molecule has 168 valence electrons. The predicted molar refractivity (Wildman–Crippen MR) is 109 cm³/mol. The van der Waals surface area contributed by atoms with Crippen LogP contribution in [0.5, 0.6) is 11.5 Å². The van der Waals surface area contributed by atoms with Crippen molar-refractivity contribution in [2.75, 3.05) is 12.1 Å². The number of alkyl halides is 3. The zero-order valence-electron chi connectivity index (χ0n) is 16.2. The second kappa shape index (κ2) is 8.23. The van der Waals surface area contributed by atoms with E-state index in [0.717, 1.165) is 16.7 Å². The number of benzene rings is 2. The van der Waals surface area contributed by atoms with Crippen molar-refractivity contribution in [1.82, 2.24) is 9.55 Å². The third-order valence-corrected chi connectivity index (χ3v) is 5.15. The molecule has 3 aromatic rings. The lowest BCUT2D eigenvalue weighted by molar-refractivity contribution is -0.137. The van der Waals surface area contributed by atoms with E-state index in [1.807, 2.05) is 0 Å². The largest absolute Gasteiger partial charge is 0.454 e. The number of ether oxygens (including phenoxy) is 2. The first-order valence-corrected chi connectivity index (χ1v) is 9.74. The summed E-state index contributed by atoms with van der Waals surface area (Å²) in [5.74, 6) is 0.223. The van der Waals surface area contributed by atoms with Gasteiger partial charge in [-0.25, -0.2) is 4.79 Å². The van der Waals surface area contributed by atoms with Crippen molar-refractivity contribution in [2.24, 2.45) is 0 Å². The van der Waals surface area contributed by atoms with Crippen LogP contribution in [0.3, 0.4) is 0 Å². The van der Waals surface area contributed by atoms with Crippen molar-refractivity contribution >= 4 is 34.1 Å². The van der Waals surface area contributed by atoms with Gasteiger partial charge in [-0.05, 0) is 30.7 Å². The quantitative estimate of drug-likeness (QED) is 0.595. The number of halogens is 4. The van der Waals surface area contributed by atoms with Gasteiger partial charge in [-0.1, -0.05) is 11.6 Å². The first-order chi connectivity index (χ1) is 15.1. The Balaban J connectivity index is 1.45. The summed E-state index contributed by atoms with van der Waals surface area (Å²) in [5.41, 5.74) is -2.05. The number of rotatable bonds is 5. The highest BCUT2D eigenvalue weighted by Crippen LogP contribution is 2.36. The van der Waals surface area contributed by atoms with Crippen LogP contribution in [0.25, 0.3) is 10.9 Å². The molecular formula is C20H15ClF3N3O5.